The van der Waals surface area contributed by atoms with Gasteiger partial charge in [-0.3, -0.25) is 14.4 Å². The van der Waals surface area contributed by atoms with Gasteiger partial charge in [-0.15, -0.1) is 0 Å². The zero-order chi connectivity index (χ0) is 45.8. The van der Waals surface area contributed by atoms with E-state index >= 15 is 0 Å². The zero-order valence-electron chi connectivity index (χ0n) is 42.1. The molecule has 1 atom stereocenters. The van der Waals surface area contributed by atoms with Crippen molar-refractivity contribution in [2.45, 2.75) is 297 Å². The Balaban J connectivity index is 4.32. The summed E-state index contributed by atoms with van der Waals surface area (Å²) in [6, 6.07) is 0. The Morgan fingerprint density at radius 2 is 0.571 bits per heavy atom. The van der Waals surface area contributed by atoms with Gasteiger partial charge in [0.25, 0.3) is 0 Å². The van der Waals surface area contributed by atoms with Crippen LogP contribution in [0.5, 0.6) is 0 Å². The second-order valence-electron chi connectivity index (χ2n) is 18.5. The molecule has 0 bridgehead atoms. The Hall–Kier alpha value is -2.37. The number of rotatable bonds is 50. The van der Waals surface area contributed by atoms with Crippen molar-refractivity contribution < 1.29 is 28.6 Å². The van der Waals surface area contributed by atoms with E-state index < -0.39 is 6.10 Å². The first-order chi connectivity index (χ1) is 31.0. The molecule has 0 saturated carbocycles. The molecule has 368 valence electrons. The van der Waals surface area contributed by atoms with Crippen LogP contribution in [-0.4, -0.2) is 37.2 Å². The summed E-state index contributed by atoms with van der Waals surface area (Å²) in [4.78, 5) is 38.0. The van der Waals surface area contributed by atoms with Gasteiger partial charge in [0, 0.05) is 19.3 Å². The van der Waals surface area contributed by atoms with Crippen molar-refractivity contribution in [3.05, 3.63) is 36.5 Å². The highest BCUT2D eigenvalue weighted by Crippen LogP contribution is 2.15. The van der Waals surface area contributed by atoms with Crippen LogP contribution in [0.25, 0.3) is 0 Å². The molecule has 0 amide bonds. The van der Waals surface area contributed by atoms with Crippen LogP contribution in [0.4, 0.5) is 0 Å². The molecule has 0 aromatic heterocycles. The second-order valence-corrected chi connectivity index (χ2v) is 18.5. The standard InChI is InChI=1S/C57H104O6/c1-4-7-10-13-16-19-22-24-26-28-30-32-35-37-40-43-46-49-55(58)61-52-54(63-57(60)51-48-45-42-39-34-21-18-15-12-9-6-3)53-62-56(59)50-47-44-41-38-36-33-31-29-27-25-23-20-17-14-11-8-5-2/h16,19,24-27,54H,4-15,17-18,20-23,28-53H2,1-3H3/b19-16-,26-24-,27-25-/t54-/m1/s1. The third-order valence-corrected chi connectivity index (χ3v) is 12.1. The van der Waals surface area contributed by atoms with E-state index in [0.29, 0.717) is 19.3 Å². The van der Waals surface area contributed by atoms with Gasteiger partial charge < -0.3 is 14.2 Å². The number of carbonyl (C=O) groups excluding carboxylic acids is 3. The molecule has 0 spiro atoms. The van der Waals surface area contributed by atoms with Crippen LogP contribution in [0.15, 0.2) is 36.5 Å². The summed E-state index contributed by atoms with van der Waals surface area (Å²) >= 11 is 0. The van der Waals surface area contributed by atoms with E-state index in [9.17, 15) is 14.4 Å². The van der Waals surface area contributed by atoms with Crippen LogP contribution in [0, 0.1) is 0 Å². The van der Waals surface area contributed by atoms with Gasteiger partial charge in [0.05, 0.1) is 0 Å². The van der Waals surface area contributed by atoms with Crippen molar-refractivity contribution in [3.63, 3.8) is 0 Å². The summed E-state index contributed by atoms with van der Waals surface area (Å²) < 4.78 is 16.8. The van der Waals surface area contributed by atoms with E-state index in [1.807, 2.05) is 0 Å². The van der Waals surface area contributed by atoms with E-state index in [0.717, 1.165) is 70.6 Å². The molecule has 6 heteroatoms. The van der Waals surface area contributed by atoms with E-state index in [-0.39, 0.29) is 31.1 Å². The molecule has 0 aliphatic carbocycles. The minimum absolute atomic E-state index is 0.0739. The molecule has 0 unspecified atom stereocenters. The van der Waals surface area contributed by atoms with Crippen LogP contribution in [0.1, 0.15) is 290 Å². The predicted octanol–water partition coefficient (Wildman–Crippen LogP) is 18.1. The largest absolute Gasteiger partial charge is 0.462 e. The van der Waals surface area contributed by atoms with Crippen molar-refractivity contribution in [1.29, 1.82) is 0 Å². The lowest BCUT2D eigenvalue weighted by molar-refractivity contribution is -0.167. The molecule has 0 aliphatic rings. The van der Waals surface area contributed by atoms with Gasteiger partial charge in [0.1, 0.15) is 13.2 Å². The fourth-order valence-electron chi connectivity index (χ4n) is 7.94. The lowest BCUT2D eigenvalue weighted by atomic mass is 10.1. The van der Waals surface area contributed by atoms with Crippen LogP contribution >= 0.6 is 0 Å². The summed E-state index contributed by atoms with van der Waals surface area (Å²) in [7, 11) is 0. The Bertz CT molecular complexity index is 1060. The molecule has 0 radical (unpaired) electrons. The Kier molecular flexibility index (Phi) is 50.3. The molecule has 0 aromatic carbocycles. The lowest BCUT2D eigenvalue weighted by Gasteiger charge is -2.18. The monoisotopic (exact) mass is 885 g/mol. The second kappa shape index (κ2) is 52.3. The van der Waals surface area contributed by atoms with Crippen molar-refractivity contribution in [2.75, 3.05) is 13.2 Å². The molecule has 63 heavy (non-hydrogen) atoms. The quantitative estimate of drug-likeness (QED) is 0.0262. The van der Waals surface area contributed by atoms with Crippen molar-refractivity contribution >= 4 is 17.9 Å². The van der Waals surface area contributed by atoms with Crippen LogP contribution in [0.2, 0.25) is 0 Å². The molecule has 0 aromatic rings. The van der Waals surface area contributed by atoms with Gasteiger partial charge >= 0.3 is 17.9 Å². The minimum atomic E-state index is -0.773. The maximum Gasteiger partial charge on any atom is 0.306 e. The third kappa shape index (κ3) is 50.5. The van der Waals surface area contributed by atoms with E-state index in [4.69, 9.17) is 14.2 Å². The fraction of sp³-hybridized carbons (Fsp3) is 0.842. The Morgan fingerprint density at radius 3 is 0.921 bits per heavy atom. The molecular weight excluding hydrogens is 781 g/mol. The lowest BCUT2D eigenvalue weighted by Crippen LogP contribution is -2.30. The zero-order valence-corrected chi connectivity index (χ0v) is 42.1. The SMILES string of the molecule is CCCCC/C=C\C/C=C\CCCCCCCCCC(=O)OC[C@H](COC(=O)CCCCCCCCC/C=C\CCCCCCCC)OC(=O)CCCCCCCCCCCCC. The summed E-state index contributed by atoms with van der Waals surface area (Å²) in [5.41, 5.74) is 0. The first-order valence-electron chi connectivity index (χ1n) is 27.5. The number of allylic oxidation sites excluding steroid dienone is 6. The molecule has 0 heterocycles. The number of ether oxygens (including phenoxy) is 3. The Labute approximate surface area is 391 Å². The van der Waals surface area contributed by atoms with Crippen LogP contribution in [0.3, 0.4) is 0 Å². The van der Waals surface area contributed by atoms with E-state index in [1.165, 1.54) is 180 Å². The average molecular weight is 885 g/mol. The van der Waals surface area contributed by atoms with Gasteiger partial charge in [-0.2, -0.15) is 0 Å². The first-order valence-corrected chi connectivity index (χ1v) is 27.5. The highest BCUT2D eigenvalue weighted by atomic mass is 16.6. The molecule has 0 N–H and O–H groups in total. The molecule has 6 nitrogen and oxygen atoms in total. The summed E-state index contributed by atoms with van der Waals surface area (Å²) in [5.74, 6) is -0.873. The van der Waals surface area contributed by atoms with Gasteiger partial charge in [0.2, 0.25) is 0 Å². The van der Waals surface area contributed by atoms with E-state index in [1.54, 1.807) is 0 Å². The van der Waals surface area contributed by atoms with Crippen molar-refractivity contribution in [2.24, 2.45) is 0 Å². The maximum atomic E-state index is 12.8. The molecular formula is C57H104O6. The normalized spacial score (nSPS) is 12.2. The number of hydrogen-bond donors (Lipinski definition) is 0. The first kappa shape index (κ1) is 60.6. The van der Waals surface area contributed by atoms with Crippen LogP contribution < -0.4 is 0 Å². The number of unbranched alkanes of at least 4 members (excludes halogenated alkanes) is 33. The summed E-state index contributed by atoms with van der Waals surface area (Å²) in [5, 5.41) is 0. The highest BCUT2D eigenvalue weighted by molar-refractivity contribution is 5.71. The van der Waals surface area contributed by atoms with Crippen molar-refractivity contribution in [3.8, 4) is 0 Å². The number of hydrogen-bond acceptors (Lipinski definition) is 6. The van der Waals surface area contributed by atoms with Crippen molar-refractivity contribution in [1.82, 2.24) is 0 Å². The van der Waals surface area contributed by atoms with Gasteiger partial charge in [0.15, 0.2) is 6.10 Å². The summed E-state index contributed by atoms with van der Waals surface area (Å²) in [6.45, 7) is 6.62. The van der Waals surface area contributed by atoms with Gasteiger partial charge in [-0.25, -0.2) is 0 Å². The minimum Gasteiger partial charge on any atom is -0.462 e. The molecule has 0 fully saturated rings. The molecule has 0 saturated heterocycles. The fourth-order valence-corrected chi connectivity index (χ4v) is 7.94. The predicted molar refractivity (Wildman–Crippen MR) is 270 cm³/mol. The van der Waals surface area contributed by atoms with Gasteiger partial charge in [-0.05, 0) is 77.0 Å². The third-order valence-electron chi connectivity index (χ3n) is 12.1. The highest BCUT2D eigenvalue weighted by Gasteiger charge is 2.19. The smallest absolute Gasteiger partial charge is 0.306 e. The van der Waals surface area contributed by atoms with Gasteiger partial charge in [-0.1, -0.05) is 231 Å². The topological polar surface area (TPSA) is 78.9 Å². The van der Waals surface area contributed by atoms with E-state index in [2.05, 4.69) is 57.2 Å². The number of esters is 3. The molecule has 0 rings (SSSR count). The van der Waals surface area contributed by atoms with Crippen LogP contribution in [-0.2, 0) is 28.6 Å². The summed E-state index contributed by atoms with van der Waals surface area (Å²) in [6.07, 6.45) is 61.2. The molecule has 0 aliphatic heterocycles. The number of carbonyl (C=O) groups is 3. The average Bonchev–Trinajstić information content (AvgIpc) is 3.28. The Morgan fingerprint density at radius 1 is 0.317 bits per heavy atom. The maximum absolute atomic E-state index is 12.8.